The standard InChI is InChI=1S/C19H28N2O3/c1-4-15-16(13(3)21-17(15)19(23)24-5-2)18(22)20-12-11-14-9-7-6-8-10-14/h9,21H,4-8,10-12H2,1-3H3,(H,20,22). The normalized spacial score (nSPS) is 14.2. The molecule has 5 heteroatoms. The van der Waals surface area contributed by atoms with E-state index in [0.717, 1.165) is 24.8 Å². The van der Waals surface area contributed by atoms with Crippen molar-refractivity contribution in [3.8, 4) is 0 Å². The van der Waals surface area contributed by atoms with Crippen LogP contribution in [-0.4, -0.2) is 30.0 Å². The molecule has 1 aliphatic carbocycles. The summed E-state index contributed by atoms with van der Waals surface area (Å²) in [5.41, 5.74) is 3.87. The van der Waals surface area contributed by atoms with Crippen molar-refractivity contribution in [1.82, 2.24) is 10.3 Å². The van der Waals surface area contributed by atoms with Gasteiger partial charge < -0.3 is 15.0 Å². The summed E-state index contributed by atoms with van der Waals surface area (Å²) < 4.78 is 5.07. The Morgan fingerprint density at radius 1 is 1.29 bits per heavy atom. The minimum Gasteiger partial charge on any atom is -0.461 e. The van der Waals surface area contributed by atoms with E-state index in [1.54, 1.807) is 6.92 Å². The summed E-state index contributed by atoms with van der Waals surface area (Å²) in [6, 6.07) is 0. The summed E-state index contributed by atoms with van der Waals surface area (Å²) in [6.45, 7) is 6.48. The summed E-state index contributed by atoms with van der Waals surface area (Å²) in [4.78, 5) is 27.6. The Morgan fingerprint density at radius 3 is 2.71 bits per heavy atom. The molecule has 1 aromatic rings. The molecule has 0 fully saturated rings. The molecular weight excluding hydrogens is 304 g/mol. The molecule has 24 heavy (non-hydrogen) atoms. The van der Waals surface area contributed by atoms with Crippen LogP contribution in [0.1, 0.15) is 78.1 Å². The first-order valence-corrected chi connectivity index (χ1v) is 8.93. The van der Waals surface area contributed by atoms with Gasteiger partial charge in [-0.2, -0.15) is 0 Å². The minimum atomic E-state index is -0.399. The molecular formula is C19H28N2O3. The quantitative estimate of drug-likeness (QED) is 0.591. The monoisotopic (exact) mass is 332 g/mol. The van der Waals surface area contributed by atoms with Crippen molar-refractivity contribution < 1.29 is 14.3 Å². The minimum absolute atomic E-state index is 0.118. The highest BCUT2D eigenvalue weighted by Gasteiger charge is 2.24. The van der Waals surface area contributed by atoms with Crippen LogP contribution >= 0.6 is 0 Å². The van der Waals surface area contributed by atoms with Crippen LogP contribution in [0.2, 0.25) is 0 Å². The fraction of sp³-hybridized carbons (Fsp3) is 0.579. The number of carbonyl (C=O) groups is 2. The highest BCUT2D eigenvalue weighted by Crippen LogP contribution is 2.22. The Bertz CT molecular complexity index is 629. The zero-order valence-electron chi connectivity index (χ0n) is 15.0. The van der Waals surface area contributed by atoms with Crippen molar-refractivity contribution in [3.63, 3.8) is 0 Å². The molecule has 132 valence electrons. The lowest BCUT2D eigenvalue weighted by atomic mass is 9.97. The maximum absolute atomic E-state index is 12.6. The number of allylic oxidation sites excluding steroid dienone is 1. The van der Waals surface area contributed by atoms with Crippen molar-refractivity contribution >= 4 is 11.9 Å². The van der Waals surface area contributed by atoms with E-state index in [1.807, 2.05) is 13.8 Å². The molecule has 2 rings (SSSR count). The molecule has 1 amide bonds. The molecule has 1 heterocycles. The first kappa shape index (κ1) is 18.3. The lowest BCUT2D eigenvalue weighted by Gasteiger charge is -2.13. The van der Waals surface area contributed by atoms with E-state index >= 15 is 0 Å². The van der Waals surface area contributed by atoms with Crippen molar-refractivity contribution in [2.24, 2.45) is 0 Å². The van der Waals surface area contributed by atoms with E-state index in [9.17, 15) is 9.59 Å². The lowest BCUT2D eigenvalue weighted by molar-refractivity contribution is 0.0519. The van der Waals surface area contributed by atoms with Gasteiger partial charge in [0.15, 0.2) is 0 Å². The highest BCUT2D eigenvalue weighted by molar-refractivity contribution is 6.01. The number of aromatic amines is 1. The number of ether oxygens (including phenoxy) is 1. The Kier molecular flexibility index (Phi) is 6.64. The average Bonchev–Trinajstić information content (AvgIpc) is 2.92. The van der Waals surface area contributed by atoms with Gasteiger partial charge in [-0.3, -0.25) is 4.79 Å². The number of H-pyrrole nitrogens is 1. The second-order valence-electron chi connectivity index (χ2n) is 6.17. The van der Waals surface area contributed by atoms with Gasteiger partial charge in [0, 0.05) is 12.2 Å². The van der Waals surface area contributed by atoms with Gasteiger partial charge in [0.05, 0.1) is 12.2 Å². The Hall–Kier alpha value is -2.04. The van der Waals surface area contributed by atoms with Gasteiger partial charge in [-0.1, -0.05) is 18.6 Å². The smallest absolute Gasteiger partial charge is 0.355 e. The number of hydrogen-bond donors (Lipinski definition) is 2. The van der Waals surface area contributed by atoms with Crippen LogP contribution in [0.15, 0.2) is 11.6 Å². The number of hydrogen-bond acceptors (Lipinski definition) is 3. The van der Waals surface area contributed by atoms with Crippen molar-refractivity contribution in [2.75, 3.05) is 13.2 Å². The van der Waals surface area contributed by atoms with Crippen LogP contribution in [0.3, 0.4) is 0 Å². The molecule has 0 aliphatic heterocycles. The van der Waals surface area contributed by atoms with Gasteiger partial charge in [0.1, 0.15) is 5.69 Å². The number of aromatic nitrogens is 1. The lowest BCUT2D eigenvalue weighted by Crippen LogP contribution is -2.26. The van der Waals surface area contributed by atoms with Crippen LogP contribution in [0.25, 0.3) is 0 Å². The predicted octanol–water partition coefficient (Wildman–Crippen LogP) is 3.68. The van der Waals surface area contributed by atoms with E-state index in [-0.39, 0.29) is 5.91 Å². The first-order valence-electron chi connectivity index (χ1n) is 8.93. The van der Waals surface area contributed by atoms with Gasteiger partial charge in [-0.25, -0.2) is 4.79 Å². The summed E-state index contributed by atoms with van der Waals surface area (Å²) in [5, 5.41) is 2.99. The van der Waals surface area contributed by atoms with Crippen molar-refractivity contribution in [2.45, 2.75) is 59.3 Å². The molecule has 0 radical (unpaired) electrons. The van der Waals surface area contributed by atoms with Crippen LogP contribution in [0.4, 0.5) is 0 Å². The first-order chi connectivity index (χ1) is 11.6. The maximum Gasteiger partial charge on any atom is 0.355 e. The maximum atomic E-state index is 12.6. The third-order valence-corrected chi connectivity index (χ3v) is 4.47. The number of aryl methyl sites for hydroxylation is 1. The average molecular weight is 332 g/mol. The summed E-state index contributed by atoms with van der Waals surface area (Å²) in [7, 11) is 0. The van der Waals surface area contributed by atoms with Crippen molar-refractivity contribution in [3.05, 3.63) is 34.2 Å². The third-order valence-electron chi connectivity index (χ3n) is 4.47. The van der Waals surface area contributed by atoms with E-state index in [4.69, 9.17) is 4.74 Å². The second-order valence-corrected chi connectivity index (χ2v) is 6.17. The number of carbonyl (C=O) groups excluding carboxylic acids is 2. The van der Waals surface area contributed by atoms with Crippen LogP contribution in [0, 0.1) is 6.92 Å². The largest absolute Gasteiger partial charge is 0.461 e. The van der Waals surface area contributed by atoms with E-state index in [0.29, 0.717) is 36.5 Å². The zero-order chi connectivity index (χ0) is 17.5. The molecule has 0 spiro atoms. The van der Waals surface area contributed by atoms with Gasteiger partial charge >= 0.3 is 5.97 Å². The molecule has 0 saturated heterocycles. The molecule has 2 N–H and O–H groups in total. The van der Waals surface area contributed by atoms with Gasteiger partial charge in [0.25, 0.3) is 5.91 Å². The molecule has 0 saturated carbocycles. The number of esters is 1. The third kappa shape index (κ3) is 4.28. The van der Waals surface area contributed by atoms with Crippen molar-refractivity contribution in [1.29, 1.82) is 0 Å². The zero-order valence-corrected chi connectivity index (χ0v) is 15.0. The molecule has 1 aliphatic rings. The summed E-state index contributed by atoms with van der Waals surface area (Å²) in [6.07, 6.45) is 8.63. The van der Waals surface area contributed by atoms with Gasteiger partial charge in [0.2, 0.25) is 0 Å². The molecule has 0 aromatic carbocycles. The molecule has 0 unspecified atom stereocenters. The number of amides is 1. The fourth-order valence-electron chi connectivity index (χ4n) is 3.27. The van der Waals surface area contributed by atoms with Crippen LogP contribution < -0.4 is 5.32 Å². The second kappa shape index (κ2) is 8.71. The van der Waals surface area contributed by atoms with E-state index < -0.39 is 5.97 Å². The fourth-order valence-corrected chi connectivity index (χ4v) is 3.27. The summed E-state index contributed by atoms with van der Waals surface area (Å²) >= 11 is 0. The van der Waals surface area contributed by atoms with E-state index in [2.05, 4.69) is 16.4 Å². The van der Waals surface area contributed by atoms with E-state index in [1.165, 1.54) is 18.4 Å². The Labute approximate surface area is 143 Å². The number of rotatable bonds is 7. The Morgan fingerprint density at radius 2 is 2.08 bits per heavy atom. The Balaban J connectivity index is 2.05. The predicted molar refractivity (Wildman–Crippen MR) is 94.4 cm³/mol. The SMILES string of the molecule is CCOC(=O)c1[nH]c(C)c(C(=O)NCCC2=CCCCC2)c1CC. The highest BCUT2D eigenvalue weighted by atomic mass is 16.5. The van der Waals surface area contributed by atoms with Crippen LogP contribution in [-0.2, 0) is 11.2 Å². The van der Waals surface area contributed by atoms with Crippen LogP contribution in [0.5, 0.6) is 0 Å². The van der Waals surface area contributed by atoms with Gasteiger partial charge in [-0.15, -0.1) is 0 Å². The molecule has 0 bridgehead atoms. The topological polar surface area (TPSA) is 71.2 Å². The number of nitrogens with one attached hydrogen (secondary N) is 2. The molecule has 0 atom stereocenters. The summed E-state index contributed by atoms with van der Waals surface area (Å²) in [5.74, 6) is -0.517. The molecule has 5 nitrogen and oxygen atoms in total. The van der Waals surface area contributed by atoms with Gasteiger partial charge in [-0.05, 0) is 57.9 Å². The molecule has 1 aromatic heterocycles.